The Balaban J connectivity index is 0.000000853. The molecule has 0 atom stereocenters. The second-order valence-corrected chi connectivity index (χ2v) is 4.70. The molecule has 4 bridgehead atoms. The monoisotopic (exact) mass is 223 g/mol. The van der Waals surface area contributed by atoms with E-state index in [0.29, 0.717) is 5.39 Å². The first-order valence-electron chi connectivity index (χ1n) is 4.12. The van der Waals surface area contributed by atoms with Crippen LogP contribution in [0.4, 0.5) is 0 Å². The van der Waals surface area contributed by atoms with E-state index in [4.69, 9.17) is 4.55 Å². The fourth-order valence-corrected chi connectivity index (χ4v) is 2.70. The Hall–Kier alpha value is -1.43. The first-order chi connectivity index (χ1) is 6.59. The smallest absolute Gasteiger partial charge is 0.295 e. The highest BCUT2D eigenvalue weighted by atomic mass is 32.2. The number of hydrogen-bond acceptors (Lipinski definition) is 3. The maximum absolute atomic E-state index is 11.0. The SMILES string of the molecule is N.O=S(=O)(O)c1ccc2c3cccc2c13. The zero-order valence-electron chi connectivity index (χ0n) is 7.77. The van der Waals surface area contributed by atoms with Crippen LogP contribution in [0.3, 0.4) is 0 Å². The lowest BCUT2D eigenvalue weighted by molar-refractivity contribution is 0.484. The molecule has 0 aromatic heterocycles. The summed E-state index contributed by atoms with van der Waals surface area (Å²) in [6.45, 7) is 0. The van der Waals surface area contributed by atoms with Crippen molar-refractivity contribution in [2.45, 2.75) is 4.90 Å². The van der Waals surface area contributed by atoms with E-state index in [0.717, 1.165) is 16.2 Å². The van der Waals surface area contributed by atoms with Crippen molar-refractivity contribution in [3.63, 3.8) is 0 Å². The van der Waals surface area contributed by atoms with Crippen LogP contribution < -0.4 is 6.15 Å². The van der Waals surface area contributed by atoms with Gasteiger partial charge >= 0.3 is 0 Å². The summed E-state index contributed by atoms with van der Waals surface area (Å²) in [5.74, 6) is 0. The standard InChI is InChI=1S/C10H6O3S.H3N/c11-14(12,13)9-5-4-6-7-2-1-3-8(6)10(7)9;/h1-5H,(H,11,12,13);1H3. The van der Waals surface area contributed by atoms with Crippen LogP contribution in [0.1, 0.15) is 0 Å². The summed E-state index contributed by atoms with van der Waals surface area (Å²) < 4.78 is 31.0. The van der Waals surface area contributed by atoms with Crippen LogP contribution in [-0.2, 0) is 10.1 Å². The molecule has 4 rings (SSSR count). The van der Waals surface area contributed by atoms with Crippen LogP contribution in [0.15, 0.2) is 35.2 Å². The lowest BCUT2D eigenvalue weighted by atomic mass is 9.92. The summed E-state index contributed by atoms with van der Waals surface area (Å²) >= 11 is 0. The molecular weight excluding hydrogens is 214 g/mol. The number of hydrogen-bond donors (Lipinski definition) is 2. The molecular formula is C10H9NO3S. The van der Waals surface area contributed by atoms with E-state index in [1.54, 1.807) is 6.07 Å². The molecule has 4 aromatic carbocycles. The van der Waals surface area contributed by atoms with Crippen LogP contribution in [0.5, 0.6) is 0 Å². The quantitative estimate of drug-likeness (QED) is 0.619. The van der Waals surface area contributed by atoms with Crippen molar-refractivity contribution in [1.29, 1.82) is 0 Å². The van der Waals surface area contributed by atoms with Crippen molar-refractivity contribution < 1.29 is 13.0 Å². The van der Waals surface area contributed by atoms with Crippen molar-refractivity contribution in [1.82, 2.24) is 6.15 Å². The van der Waals surface area contributed by atoms with Gasteiger partial charge in [0.15, 0.2) is 0 Å². The van der Waals surface area contributed by atoms with Gasteiger partial charge < -0.3 is 6.15 Å². The average molecular weight is 223 g/mol. The molecule has 0 aliphatic rings. The van der Waals surface area contributed by atoms with Crippen molar-refractivity contribution in [3.05, 3.63) is 30.3 Å². The third-order valence-corrected chi connectivity index (χ3v) is 3.47. The van der Waals surface area contributed by atoms with E-state index >= 15 is 0 Å². The minimum absolute atomic E-state index is 0. The van der Waals surface area contributed by atoms with Gasteiger partial charge in [-0.2, -0.15) is 8.42 Å². The molecule has 0 fully saturated rings. The van der Waals surface area contributed by atoms with E-state index < -0.39 is 10.1 Å². The summed E-state index contributed by atoms with van der Waals surface area (Å²) in [6.07, 6.45) is 0. The predicted molar refractivity (Wildman–Crippen MR) is 58.7 cm³/mol. The van der Waals surface area contributed by atoms with Gasteiger partial charge in [0.05, 0.1) is 0 Å². The lowest BCUT2D eigenvalue weighted by Gasteiger charge is -2.15. The summed E-state index contributed by atoms with van der Waals surface area (Å²) in [6, 6.07) is 8.75. The van der Waals surface area contributed by atoms with Gasteiger partial charge in [-0.1, -0.05) is 24.3 Å². The molecule has 5 heteroatoms. The van der Waals surface area contributed by atoms with Crippen molar-refractivity contribution >= 4 is 31.7 Å². The molecule has 78 valence electrons. The fraction of sp³-hybridized carbons (Fsp3) is 0. The van der Waals surface area contributed by atoms with Gasteiger partial charge in [-0.3, -0.25) is 4.55 Å². The van der Waals surface area contributed by atoms with Crippen LogP contribution >= 0.6 is 0 Å². The van der Waals surface area contributed by atoms with Gasteiger partial charge in [0.2, 0.25) is 0 Å². The predicted octanol–water partition coefficient (Wildman–Crippen LogP) is 2.28. The van der Waals surface area contributed by atoms with Gasteiger partial charge in [-0.25, -0.2) is 0 Å². The van der Waals surface area contributed by atoms with Crippen molar-refractivity contribution in [2.75, 3.05) is 0 Å². The molecule has 0 saturated heterocycles. The second kappa shape index (κ2) is 2.79. The third-order valence-electron chi connectivity index (χ3n) is 2.57. The van der Waals surface area contributed by atoms with E-state index in [1.165, 1.54) is 6.07 Å². The minimum atomic E-state index is -4.10. The van der Waals surface area contributed by atoms with Crippen molar-refractivity contribution in [3.8, 4) is 0 Å². The highest BCUT2D eigenvalue weighted by Crippen LogP contribution is 2.40. The second-order valence-electron chi connectivity index (χ2n) is 3.31. The summed E-state index contributed by atoms with van der Waals surface area (Å²) in [7, 11) is -4.10. The molecule has 15 heavy (non-hydrogen) atoms. The van der Waals surface area contributed by atoms with Crippen LogP contribution in [0.2, 0.25) is 0 Å². The van der Waals surface area contributed by atoms with Gasteiger partial charge in [-0.05, 0) is 22.2 Å². The van der Waals surface area contributed by atoms with Crippen molar-refractivity contribution in [2.24, 2.45) is 0 Å². The molecule has 0 aliphatic heterocycles. The van der Waals surface area contributed by atoms with Crippen LogP contribution in [0.25, 0.3) is 21.5 Å². The number of benzene rings is 4. The third kappa shape index (κ3) is 1.11. The zero-order valence-corrected chi connectivity index (χ0v) is 8.58. The molecule has 4 nitrogen and oxygen atoms in total. The number of rotatable bonds is 1. The maximum Gasteiger partial charge on any atom is 0.295 e. The molecule has 0 radical (unpaired) electrons. The Morgan fingerprint density at radius 2 is 1.53 bits per heavy atom. The van der Waals surface area contributed by atoms with Gasteiger partial charge in [0.1, 0.15) is 4.90 Å². The molecule has 4 N–H and O–H groups in total. The fourth-order valence-electron chi connectivity index (χ4n) is 1.99. The Labute approximate surface area is 86.5 Å². The van der Waals surface area contributed by atoms with Crippen LogP contribution in [-0.4, -0.2) is 13.0 Å². The van der Waals surface area contributed by atoms with E-state index in [-0.39, 0.29) is 11.0 Å². The maximum atomic E-state index is 11.0. The normalized spacial score (nSPS) is 12.3. The Bertz CT molecular complexity index is 675. The molecule has 0 amide bonds. The van der Waals surface area contributed by atoms with Gasteiger partial charge in [0, 0.05) is 5.39 Å². The van der Waals surface area contributed by atoms with E-state index in [9.17, 15) is 8.42 Å². The zero-order chi connectivity index (χ0) is 9.92. The van der Waals surface area contributed by atoms with E-state index in [1.807, 2.05) is 18.2 Å². The highest BCUT2D eigenvalue weighted by Gasteiger charge is 2.21. The molecule has 0 aliphatic carbocycles. The summed E-state index contributed by atoms with van der Waals surface area (Å²) in [5.41, 5.74) is 0. The molecule has 0 heterocycles. The molecule has 4 aromatic rings. The minimum Gasteiger partial charge on any atom is -0.344 e. The topological polar surface area (TPSA) is 89.4 Å². The molecule has 0 unspecified atom stereocenters. The number of fused-ring (bicyclic) bond motifs is 2. The van der Waals surface area contributed by atoms with Crippen LogP contribution in [0, 0.1) is 0 Å². The Kier molecular flexibility index (Phi) is 1.88. The summed E-state index contributed by atoms with van der Waals surface area (Å²) in [4.78, 5) is 0.0121. The lowest BCUT2D eigenvalue weighted by Crippen LogP contribution is -2.02. The average Bonchev–Trinajstić information content (AvgIpc) is 2.18. The largest absolute Gasteiger partial charge is 0.344 e. The molecule has 0 saturated carbocycles. The first-order valence-corrected chi connectivity index (χ1v) is 5.56. The van der Waals surface area contributed by atoms with Gasteiger partial charge in [0.25, 0.3) is 10.1 Å². The van der Waals surface area contributed by atoms with E-state index in [2.05, 4.69) is 0 Å². The Morgan fingerprint density at radius 3 is 2.07 bits per heavy atom. The Morgan fingerprint density at radius 1 is 0.933 bits per heavy atom. The molecule has 0 spiro atoms. The van der Waals surface area contributed by atoms with Gasteiger partial charge in [-0.15, -0.1) is 0 Å². The highest BCUT2D eigenvalue weighted by molar-refractivity contribution is 7.86. The summed E-state index contributed by atoms with van der Waals surface area (Å²) in [5, 5.41) is 3.55. The first kappa shape index (κ1) is 10.1.